The molecule has 1 atom stereocenters. The molecule has 0 saturated heterocycles. The summed E-state index contributed by atoms with van der Waals surface area (Å²) in [5, 5.41) is 7.74. The average Bonchev–Trinajstić information content (AvgIpc) is 2.88. The first-order chi connectivity index (χ1) is 9.13. The van der Waals surface area contributed by atoms with Gasteiger partial charge in [-0.3, -0.25) is 4.68 Å². The number of hydrogen-bond acceptors (Lipinski definition) is 2. The maximum Gasteiger partial charge on any atom is 0.0537 e. The maximum atomic E-state index is 4.35. The van der Waals surface area contributed by atoms with Crippen molar-refractivity contribution in [3.63, 3.8) is 0 Å². The maximum absolute atomic E-state index is 4.35. The van der Waals surface area contributed by atoms with Gasteiger partial charge in [-0.2, -0.15) is 5.10 Å². The van der Waals surface area contributed by atoms with Crippen molar-refractivity contribution in [1.82, 2.24) is 15.1 Å². The van der Waals surface area contributed by atoms with E-state index in [2.05, 4.69) is 55.6 Å². The van der Waals surface area contributed by atoms with E-state index in [1.807, 2.05) is 17.9 Å². The second kappa shape index (κ2) is 6.02. The predicted octanol–water partition coefficient (Wildman–Crippen LogP) is 3.02. The second-order valence-electron chi connectivity index (χ2n) is 5.09. The largest absolute Gasteiger partial charge is 0.313 e. The highest BCUT2D eigenvalue weighted by Crippen LogP contribution is 2.19. The molecule has 0 saturated carbocycles. The lowest BCUT2D eigenvalue weighted by Gasteiger charge is -2.15. The van der Waals surface area contributed by atoms with Crippen LogP contribution in [0.25, 0.3) is 0 Å². The molecule has 3 heteroatoms. The van der Waals surface area contributed by atoms with Crippen molar-refractivity contribution in [2.24, 2.45) is 0 Å². The summed E-state index contributed by atoms with van der Waals surface area (Å²) >= 11 is 0. The minimum atomic E-state index is 0.322. The Morgan fingerprint density at radius 2 is 2.05 bits per heavy atom. The second-order valence-corrected chi connectivity index (χ2v) is 5.09. The van der Waals surface area contributed by atoms with Crippen LogP contribution in [0.4, 0.5) is 0 Å². The van der Waals surface area contributed by atoms with E-state index in [0.717, 1.165) is 13.0 Å². The molecule has 2 rings (SSSR count). The van der Waals surface area contributed by atoms with Crippen LogP contribution in [-0.2, 0) is 13.0 Å². The van der Waals surface area contributed by atoms with Crippen LogP contribution in [0.1, 0.15) is 35.2 Å². The topological polar surface area (TPSA) is 29.9 Å². The first-order valence-electron chi connectivity index (χ1n) is 6.89. The van der Waals surface area contributed by atoms with Gasteiger partial charge in [-0.15, -0.1) is 0 Å². The van der Waals surface area contributed by atoms with Crippen molar-refractivity contribution in [3.8, 4) is 0 Å². The van der Waals surface area contributed by atoms with Crippen molar-refractivity contribution >= 4 is 0 Å². The Morgan fingerprint density at radius 3 is 2.63 bits per heavy atom. The summed E-state index contributed by atoms with van der Waals surface area (Å²) in [6.07, 6.45) is 5.08. The minimum Gasteiger partial charge on any atom is -0.313 e. The van der Waals surface area contributed by atoms with Gasteiger partial charge in [0.2, 0.25) is 0 Å². The van der Waals surface area contributed by atoms with E-state index in [4.69, 9.17) is 0 Å². The standard InChI is InChI=1S/C16H23N3/c1-5-19-11-15(10-18-19)16(17-4)9-14-7-6-12(2)13(3)8-14/h6-8,10-11,16-17H,5,9H2,1-4H3. The fourth-order valence-corrected chi connectivity index (χ4v) is 2.29. The normalized spacial score (nSPS) is 12.6. The Bertz CT molecular complexity index is 543. The molecule has 0 fully saturated rings. The van der Waals surface area contributed by atoms with E-state index in [-0.39, 0.29) is 0 Å². The summed E-state index contributed by atoms with van der Waals surface area (Å²) in [5.41, 5.74) is 5.33. The minimum absolute atomic E-state index is 0.322. The molecule has 0 aliphatic carbocycles. The number of likely N-dealkylation sites (N-methyl/N-ethyl adjacent to an activating group) is 1. The third-order valence-corrected chi connectivity index (χ3v) is 3.74. The zero-order valence-electron chi connectivity index (χ0n) is 12.3. The molecule has 1 aromatic heterocycles. The van der Waals surface area contributed by atoms with Crippen molar-refractivity contribution in [3.05, 3.63) is 52.8 Å². The highest BCUT2D eigenvalue weighted by molar-refractivity contribution is 5.31. The number of nitrogens with zero attached hydrogens (tertiary/aromatic N) is 2. The lowest BCUT2D eigenvalue weighted by atomic mass is 9.98. The number of nitrogens with one attached hydrogen (secondary N) is 1. The van der Waals surface area contributed by atoms with E-state index >= 15 is 0 Å². The highest BCUT2D eigenvalue weighted by Gasteiger charge is 2.12. The van der Waals surface area contributed by atoms with E-state index in [1.54, 1.807) is 0 Å². The molecular formula is C16H23N3. The summed E-state index contributed by atoms with van der Waals surface area (Å²) in [4.78, 5) is 0. The third-order valence-electron chi connectivity index (χ3n) is 3.74. The van der Waals surface area contributed by atoms with Gasteiger partial charge in [0, 0.05) is 24.3 Å². The Labute approximate surface area is 115 Å². The quantitative estimate of drug-likeness (QED) is 0.892. The van der Waals surface area contributed by atoms with E-state index in [0.29, 0.717) is 6.04 Å². The Kier molecular flexibility index (Phi) is 4.38. The van der Waals surface area contributed by atoms with Gasteiger partial charge in [-0.1, -0.05) is 18.2 Å². The SMILES string of the molecule is CCn1cc(C(Cc2ccc(C)c(C)c2)NC)cn1. The summed E-state index contributed by atoms with van der Waals surface area (Å²) in [5.74, 6) is 0. The average molecular weight is 257 g/mol. The third kappa shape index (κ3) is 3.24. The summed E-state index contributed by atoms with van der Waals surface area (Å²) in [7, 11) is 2.01. The van der Waals surface area contributed by atoms with Crippen LogP contribution in [-0.4, -0.2) is 16.8 Å². The molecular weight excluding hydrogens is 234 g/mol. The summed E-state index contributed by atoms with van der Waals surface area (Å²) in [6.45, 7) is 7.34. The molecule has 0 amide bonds. The van der Waals surface area contributed by atoms with Crippen LogP contribution in [0.15, 0.2) is 30.6 Å². The fourth-order valence-electron chi connectivity index (χ4n) is 2.29. The molecule has 0 aliphatic heterocycles. The molecule has 3 nitrogen and oxygen atoms in total. The van der Waals surface area contributed by atoms with E-state index < -0.39 is 0 Å². The number of aryl methyl sites for hydroxylation is 3. The molecule has 1 unspecified atom stereocenters. The van der Waals surface area contributed by atoms with E-state index in [1.165, 1.54) is 22.3 Å². The zero-order valence-corrected chi connectivity index (χ0v) is 12.3. The molecule has 0 aliphatic rings. The van der Waals surface area contributed by atoms with Crippen LogP contribution < -0.4 is 5.32 Å². The summed E-state index contributed by atoms with van der Waals surface area (Å²) < 4.78 is 1.97. The van der Waals surface area contributed by atoms with Crippen molar-refractivity contribution in [2.75, 3.05) is 7.05 Å². The van der Waals surface area contributed by atoms with Crippen molar-refractivity contribution in [2.45, 2.75) is 39.8 Å². The number of hydrogen-bond donors (Lipinski definition) is 1. The fraction of sp³-hybridized carbons (Fsp3) is 0.438. The van der Waals surface area contributed by atoms with Crippen molar-refractivity contribution in [1.29, 1.82) is 0 Å². The number of rotatable bonds is 5. The summed E-state index contributed by atoms with van der Waals surface area (Å²) in [6, 6.07) is 7.02. The molecule has 1 heterocycles. The van der Waals surface area contributed by atoms with E-state index in [9.17, 15) is 0 Å². The molecule has 0 radical (unpaired) electrons. The Hall–Kier alpha value is -1.61. The Balaban J connectivity index is 2.16. The molecule has 1 aromatic carbocycles. The first kappa shape index (κ1) is 13.8. The predicted molar refractivity (Wildman–Crippen MR) is 79.3 cm³/mol. The van der Waals surface area contributed by atoms with Crippen LogP contribution in [0.3, 0.4) is 0 Å². The van der Waals surface area contributed by atoms with Gasteiger partial charge >= 0.3 is 0 Å². The monoisotopic (exact) mass is 257 g/mol. The van der Waals surface area contributed by atoms with Gasteiger partial charge in [-0.25, -0.2) is 0 Å². The van der Waals surface area contributed by atoms with Gasteiger partial charge in [0.1, 0.15) is 0 Å². The first-order valence-corrected chi connectivity index (χ1v) is 6.89. The van der Waals surface area contributed by atoms with Crippen LogP contribution in [0.2, 0.25) is 0 Å². The highest BCUT2D eigenvalue weighted by atomic mass is 15.3. The molecule has 1 N–H and O–H groups in total. The van der Waals surface area contributed by atoms with Gasteiger partial charge in [-0.05, 0) is 50.9 Å². The smallest absolute Gasteiger partial charge is 0.0537 e. The molecule has 0 spiro atoms. The molecule has 2 aromatic rings. The van der Waals surface area contributed by atoms with Gasteiger partial charge in [0.15, 0.2) is 0 Å². The zero-order chi connectivity index (χ0) is 13.8. The van der Waals surface area contributed by atoms with Gasteiger partial charge < -0.3 is 5.32 Å². The van der Waals surface area contributed by atoms with Crippen LogP contribution in [0.5, 0.6) is 0 Å². The van der Waals surface area contributed by atoms with Crippen LogP contribution in [0, 0.1) is 13.8 Å². The lowest BCUT2D eigenvalue weighted by molar-refractivity contribution is 0.589. The van der Waals surface area contributed by atoms with Gasteiger partial charge in [0.25, 0.3) is 0 Å². The Morgan fingerprint density at radius 1 is 1.26 bits per heavy atom. The number of benzene rings is 1. The lowest BCUT2D eigenvalue weighted by Crippen LogP contribution is -2.18. The molecule has 19 heavy (non-hydrogen) atoms. The molecule has 0 bridgehead atoms. The molecule has 102 valence electrons. The van der Waals surface area contributed by atoms with Crippen LogP contribution >= 0.6 is 0 Å². The number of aromatic nitrogens is 2. The van der Waals surface area contributed by atoms with Gasteiger partial charge in [0.05, 0.1) is 6.20 Å². The van der Waals surface area contributed by atoms with Crippen molar-refractivity contribution < 1.29 is 0 Å².